The molecule has 1 aromatic heterocycles. The van der Waals surface area contributed by atoms with E-state index < -0.39 is 6.09 Å². The zero-order valence-electron chi connectivity index (χ0n) is 11.1. The van der Waals surface area contributed by atoms with Crippen LogP contribution in [0.2, 0.25) is 0 Å². The lowest BCUT2D eigenvalue weighted by Crippen LogP contribution is -2.55. The first kappa shape index (κ1) is 13.2. The van der Waals surface area contributed by atoms with Crippen molar-refractivity contribution in [2.24, 2.45) is 0 Å². The predicted molar refractivity (Wildman–Crippen MR) is 75.4 cm³/mol. The molecule has 108 valence electrons. The summed E-state index contributed by atoms with van der Waals surface area (Å²) in [4.78, 5) is 16.1. The summed E-state index contributed by atoms with van der Waals surface area (Å²) in [6, 6.07) is 10.5. The Balaban J connectivity index is 1.64. The largest absolute Gasteiger partial charge is 0.508 e. The molecule has 0 radical (unpaired) electrons. The van der Waals surface area contributed by atoms with E-state index in [1.165, 1.54) is 4.90 Å². The van der Waals surface area contributed by atoms with E-state index in [1.807, 2.05) is 12.1 Å². The highest BCUT2D eigenvalue weighted by atomic mass is 16.5. The molecule has 1 fully saturated rings. The van der Waals surface area contributed by atoms with E-state index in [1.54, 1.807) is 30.5 Å². The van der Waals surface area contributed by atoms with Crippen LogP contribution in [0.25, 0.3) is 11.1 Å². The fraction of sp³-hybridized carbons (Fsp3) is 0.200. The van der Waals surface area contributed by atoms with Gasteiger partial charge in [-0.25, -0.2) is 9.78 Å². The summed E-state index contributed by atoms with van der Waals surface area (Å²) in [6.07, 6.45) is 0.597. The van der Waals surface area contributed by atoms with E-state index >= 15 is 0 Å². The highest BCUT2D eigenvalue weighted by Crippen LogP contribution is 2.24. The minimum Gasteiger partial charge on any atom is -0.508 e. The normalized spacial score (nSPS) is 14.6. The minimum absolute atomic E-state index is 0.139. The average molecular weight is 286 g/mol. The first-order valence-corrected chi connectivity index (χ1v) is 6.52. The smallest absolute Gasteiger partial charge is 0.407 e. The Morgan fingerprint density at radius 3 is 2.67 bits per heavy atom. The number of aromatic nitrogens is 1. The van der Waals surface area contributed by atoms with Crippen LogP contribution < -0.4 is 4.74 Å². The molecule has 0 aliphatic carbocycles. The van der Waals surface area contributed by atoms with Gasteiger partial charge >= 0.3 is 6.09 Å². The number of rotatable bonds is 3. The van der Waals surface area contributed by atoms with Crippen LogP contribution in [0.3, 0.4) is 0 Å². The third kappa shape index (κ3) is 2.89. The summed E-state index contributed by atoms with van der Waals surface area (Å²) in [7, 11) is 0. The Hall–Kier alpha value is -2.76. The number of carboxylic acid groups (broad SMARTS) is 1. The Morgan fingerprint density at radius 1 is 1.24 bits per heavy atom. The monoisotopic (exact) mass is 286 g/mol. The van der Waals surface area contributed by atoms with Crippen LogP contribution >= 0.6 is 0 Å². The number of hydrogen-bond acceptors (Lipinski definition) is 4. The molecule has 0 spiro atoms. The molecule has 21 heavy (non-hydrogen) atoms. The van der Waals surface area contributed by atoms with E-state index in [0.717, 1.165) is 11.1 Å². The van der Waals surface area contributed by atoms with E-state index in [4.69, 9.17) is 9.84 Å². The van der Waals surface area contributed by atoms with Crippen LogP contribution in [0.15, 0.2) is 42.6 Å². The van der Waals surface area contributed by atoms with Crippen molar-refractivity contribution in [3.05, 3.63) is 42.6 Å². The summed E-state index contributed by atoms with van der Waals surface area (Å²) in [5.41, 5.74) is 1.74. The molecule has 6 nitrogen and oxygen atoms in total. The van der Waals surface area contributed by atoms with E-state index in [9.17, 15) is 9.90 Å². The highest BCUT2D eigenvalue weighted by molar-refractivity contribution is 5.66. The minimum atomic E-state index is -0.929. The lowest BCUT2D eigenvalue weighted by Gasteiger charge is -2.36. The topological polar surface area (TPSA) is 82.9 Å². The van der Waals surface area contributed by atoms with Gasteiger partial charge < -0.3 is 19.8 Å². The molecule has 2 N–H and O–H groups in total. The molecule has 0 atom stereocenters. The van der Waals surface area contributed by atoms with Crippen LogP contribution in [-0.2, 0) is 0 Å². The molecule has 1 aliphatic heterocycles. The summed E-state index contributed by atoms with van der Waals surface area (Å²) in [5, 5.41) is 18.2. The number of pyridine rings is 1. The molecule has 1 saturated heterocycles. The summed E-state index contributed by atoms with van der Waals surface area (Å²) in [5.74, 6) is 0.671. The van der Waals surface area contributed by atoms with Crippen molar-refractivity contribution in [2.75, 3.05) is 13.1 Å². The molecule has 1 aliphatic rings. The first-order valence-electron chi connectivity index (χ1n) is 6.52. The fourth-order valence-corrected chi connectivity index (χ4v) is 2.15. The Bertz CT molecular complexity index is 651. The van der Waals surface area contributed by atoms with Crippen molar-refractivity contribution in [2.45, 2.75) is 6.10 Å². The maximum Gasteiger partial charge on any atom is 0.407 e. The quantitative estimate of drug-likeness (QED) is 0.903. The number of nitrogens with zero attached hydrogens (tertiary/aromatic N) is 2. The fourth-order valence-electron chi connectivity index (χ4n) is 2.15. The molecule has 2 heterocycles. The molecule has 1 amide bonds. The number of likely N-dealkylation sites (tertiary alicyclic amines) is 1. The molecule has 3 rings (SSSR count). The van der Waals surface area contributed by atoms with Gasteiger partial charge in [-0.1, -0.05) is 12.1 Å². The van der Waals surface area contributed by atoms with E-state index in [0.29, 0.717) is 19.0 Å². The second kappa shape index (κ2) is 5.32. The first-order chi connectivity index (χ1) is 10.1. The van der Waals surface area contributed by atoms with Crippen LogP contribution in [0.5, 0.6) is 11.6 Å². The molecular weight excluding hydrogens is 272 g/mol. The van der Waals surface area contributed by atoms with Gasteiger partial charge in [0, 0.05) is 17.8 Å². The zero-order chi connectivity index (χ0) is 14.8. The number of ether oxygens (including phenoxy) is 1. The molecule has 0 unspecified atom stereocenters. The van der Waals surface area contributed by atoms with Gasteiger partial charge in [-0.15, -0.1) is 0 Å². The van der Waals surface area contributed by atoms with Crippen molar-refractivity contribution in [1.29, 1.82) is 0 Å². The lowest BCUT2D eigenvalue weighted by atomic mass is 10.1. The number of phenolic OH excluding ortho intramolecular Hbond substituents is 1. The molecule has 2 aromatic rings. The SMILES string of the molecule is O=C(O)N1CC(Oc2ccc(-c3cccc(O)c3)cn2)C1. The van der Waals surface area contributed by atoms with Gasteiger partial charge in [0.2, 0.25) is 5.88 Å². The lowest BCUT2D eigenvalue weighted by molar-refractivity contribution is 0.0228. The summed E-state index contributed by atoms with van der Waals surface area (Å²) < 4.78 is 5.58. The van der Waals surface area contributed by atoms with Crippen molar-refractivity contribution in [1.82, 2.24) is 9.88 Å². The van der Waals surface area contributed by atoms with Gasteiger partial charge in [0.05, 0.1) is 13.1 Å². The van der Waals surface area contributed by atoms with Gasteiger partial charge in [-0.2, -0.15) is 0 Å². The van der Waals surface area contributed by atoms with E-state index in [2.05, 4.69) is 4.98 Å². The number of benzene rings is 1. The molecule has 6 heteroatoms. The second-order valence-electron chi connectivity index (χ2n) is 4.86. The number of carbonyl (C=O) groups is 1. The Morgan fingerprint density at radius 2 is 2.05 bits per heavy atom. The molecule has 0 bridgehead atoms. The van der Waals surface area contributed by atoms with Crippen molar-refractivity contribution < 1.29 is 19.7 Å². The van der Waals surface area contributed by atoms with Gasteiger partial charge in [0.1, 0.15) is 11.9 Å². The Labute approximate surface area is 121 Å². The van der Waals surface area contributed by atoms with Crippen LogP contribution in [0, 0.1) is 0 Å². The van der Waals surface area contributed by atoms with Gasteiger partial charge in [0.15, 0.2) is 0 Å². The molecule has 1 aromatic carbocycles. The highest BCUT2D eigenvalue weighted by Gasteiger charge is 2.32. The summed E-state index contributed by atoms with van der Waals surface area (Å²) >= 11 is 0. The summed E-state index contributed by atoms with van der Waals surface area (Å²) in [6.45, 7) is 0.733. The predicted octanol–water partition coefficient (Wildman–Crippen LogP) is 2.20. The van der Waals surface area contributed by atoms with Gasteiger partial charge in [0.25, 0.3) is 0 Å². The van der Waals surface area contributed by atoms with Gasteiger partial charge in [-0.3, -0.25) is 0 Å². The number of amides is 1. The van der Waals surface area contributed by atoms with Crippen molar-refractivity contribution in [3.63, 3.8) is 0 Å². The average Bonchev–Trinajstić information content (AvgIpc) is 2.42. The molecular formula is C15H14N2O4. The third-order valence-electron chi connectivity index (χ3n) is 3.32. The zero-order valence-corrected chi connectivity index (χ0v) is 11.1. The van der Waals surface area contributed by atoms with Gasteiger partial charge in [-0.05, 0) is 23.8 Å². The standard InChI is InChI=1S/C15H14N2O4/c18-12-3-1-2-10(6-12)11-4-5-14(16-7-11)21-13-8-17(9-13)15(19)20/h1-7,13,18H,8-9H2,(H,19,20). The molecule has 0 saturated carbocycles. The number of aromatic hydroxyl groups is 1. The van der Waals surface area contributed by atoms with Crippen LogP contribution in [0.1, 0.15) is 0 Å². The van der Waals surface area contributed by atoms with E-state index in [-0.39, 0.29) is 11.9 Å². The van der Waals surface area contributed by atoms with Crippen LogP contribution in [0.4, 0.5) is 4.79 Å². The number of phenols is 1. The maximum atomic E-state index is 10.6. The number of hydrogen-bond donors (Lipinski definition) is 2. The second-order valence-corrected chi connectivity index (χ2v) is 4.86. The van der Waals surface area contributed by atoms with Crippen molar-refractivity contribution >= 4 is 6.09 Å². The van der Waals surface area contributed by atoms with Crippen LogP contribution in [-0.4, -0.2) is 45.4 Å². The third-order valence-corrected chi connectivity index (χ3v) is 3.32. The maximum absolute atomic E-state index is 10.6. The Kier molecular flexibility index (Phi) is 3.35. The van der Waals surface area contributed by atoms with Crippen molar-refractivity contribution in [3.8, 4) is 22.8 Å².